The topological polar surface area (TPSA) is 4.93 Å². The van der Waals surface area contributed by atoms with Crippen molar-refractivity contribution in [1.82, 2.24) is 4.57 Å². The first kappa shape index (κ1) is 17.5. The van der Waals surface area contributed by atoms with Gasteiger partial charge in [0.05, 0.1) is 11.0 Å². The molecule has 0 saturated carbocycles. The third kappa shape index (κ3) is 2.22. The van der Waals surface area contributed by atoms with Gasteiger partial charge in [0.25, 0.3) is 0 Å². The van der Waals surface area contributed by atoms with Crippen molar-refractivity contribution in [3.05, 3.63) is 125 Å². The van der Waals surface area contributed by atoms with E-state index < -0.39 is 0 Å². The summed E-state index contributed by atoms with van der Waals surface area (Å²) in [7, 11) is 0. The van der Waals surface area contributed by atoms with Gasteiger partial charge in [-0.05, 0) is 69.1 Å². The van der Waals surface area contributed by atoms with Crippen molar-refractivity contribution in [2.45, 2.75) is 12.8 Å². The van der Waals surface area contributed by atoms with Gasteiger partial charge in [-0.2, -0.15) is 0 Å². The predicted molar refractivity (Wildman–Crippen MR) is 137 cm³/mol. The van der Waals surface area contributed by atoms with E-state index in [1.165, 1.54) is 72.0 Å². The lowest BCUT2D eigenvalue weighted by molar-refractivity contribution is 1.04. The maximum atomic E-state index is 2.51. The molecule has 0 fully saturated rings. The minimum Gasteiger partial charge on any atom is -0.309 e. The second kappa shape index (κ2) is 6.24. The summed E-state index contributed by atoms with van der Waals surface area (Å²) in [5, 5.41) is 2.82. The highest BCUT2D eigenvalue weighted by atomic mass is 15.0. The molecule has 33 heavy (non-hydrogen) atoms. The average molecular weight is 420 g/mol. The average Bonchev–Trinajstić information content (AvgIpc) is 3.42. The highest BCUT2D eigenvalue weighted by molar-refractivity contribution is 6.15. The van der Waals surface area contributed by atoms with E-state index in [2.05, 4.69) is 108 Å². The van der Waals surface area contributed by atoms with Crippen LogP contribution in [0, 0.1) is 0 Å². The number of hydrogen-bond acceptors (Lipinski definition) is 0. The van der Waals surface area contributed by atoms with Gasteiger partial charge in [-0.1, -0.05) is 84.9 Å². The minimum absolute atomic E-state index is 0.988. The van der Waals surface area contributed by atoms with E-state index in [0.717, 1.165) is 12.8 Å². The standard InChI is InChI=1S/C32H21N/c1-2-9-20(10-3-1)23-13-8-14-24-26-18-22-17-21-11-4-6-15-29(21)33-30-16-7-5-12-25(30)31(32(22)33)28(26)19-27(23)24/h1-16,18H,17,19H2. The van der Waals surface area contributed by atoms with Crippen LogP contribution in [0.15, 0.2) is 103 Å². The number of benzene rings is 5. The Bertz CT molecular complexity index is 1750. The number of hydrogen-bond donors (Lipinski definition) is 0. The van der Waals surface area contributed by atoms with Crippen LogP contribution < -0.4 is 0 Å². The summed E-state index contributed by atoms with van der Waals surface area (Å²) in [5.74, 6) is 0. The summed E-state index contributed by atoms with van der Waals surface area (Å²) >= 11 is 0. The summed E-state index contributed by atoms with van der Waals surface area (Å²) < 4.78 is 2.51. The van der Waals surface area contributed by atoms with E-state index in [4.69, 9.17) is 0 Å². The molecule has 0 spiro atoms. The fourth-order valence-electron chi connectivity index (χ4n) is 6.30. The first-order chi connectivity index (χ1) is 16.4. The molecule has 154 valence electrons. The number of nitrogens with zero attached hydrogens (tertiary/aromatic N) is 1. The molecular weight excluding hydrogens is 398 g/mol. The van der Waals surface area contributed by atoms with Crippen molar-refractivity contribution < 1.29 is 0 Å². The first-order valence-electron chi connectivity index (χ1n) is 11.7. The maximum absolute atomic E-state index is 2.51. The van der Waals surface area contributed by atoms with Crippen LogP contribution >= 0.6 is 0 Å². The van der Waals surface area contributed by atoms with Crippen LogP contribution in [0.25, 0.3) is 49.7 Å². The molecule has 0 radical (unpaired) electrons. The molecule has 1 aliphatic carbocycles. The molecule has 2 aliphatic rings. The van der Waals surface area contributed by atoms with Crippen LogP contribution in [0.5, 0.6) is 0 Å². The van der Waals surface area contributed by atoms with Gasteiger partial charge in [0.15, 0.2) is 0 Å². The van der Waals surface area contributed by atoms with E-state index in [-0.39, 0.29) is 0 Å². The van der Waals surface area contributed by atoms with Gasteiger partial charge < -0.3 is 4.57 Å². The quantitative estimate of drug-likeness (QED) is 0.255. The third-order valence-electron chi connectivity index (χ3n) is 7.64. The highest BCUT2D eigenvalue weighted by Crippen LogP contribution is 2.49. The molecule has 1 nitrogen and oxygen atoms in total. The number of para-hydroxylation sites is 2. The van der Waals surface area contributed by atoms with Gasteiger partial charge in [-0.3, -0.25) is 0 Å². The lowest BCUT2D eigenvalue weighted by Crippen LogP contribution is -2.08. The smallest absolute Gasteiger partial charge is 0.0579 e. The van der Waals surface area contributed by atoms with E-state index in [0.29, 0.717) is 0 Å². The van der Waals surface area contributed by atoms with Gasteiger partial charge >= 0.3 is 0 Å². The Labute approximate surface area is 192 Å². The summed E-state index contributed by atoms with van der Waals surface area (Å²) in [6, 6.07) is 38.0. The lowest BCUT2D eigenvalue weighted by Gasteiger charge is -2.21. The zero-order valence-corrected chi connectivity index (χ0v) is 18.2. The summed E-state index contributed by atoms with van der Waals surface area (Å²) in [5.41, 5.74) is 15.3. The molecule has 5 aromatic carbocycles. The fraction of sp³-hybridized carbons (Fsp3) is 0.0625. The first-order valence-corrected chi connectivity index (χ1v) is 11.7. The Hall–Kier alpha value is -4.10. The second-order valence-corrected chi connectivity index (χ2v) is 9.32. The minimum atomic E-state index is 0.988. The van der Waals surface area contributed by atoms with Crippen LogP contribution in [0.1, 0.15) is 22.3 Å². The largest absolute Gasteiger partial charge is 0.309 e. The molecule has 6 aromatic rings. The normalized spacial score (nSPS) is 13.2. The van der Waals surface area contributed by atoms with E-state index >= 15 is 0 Å². The fourth-order valence-corrected chi connectivity index (χ4v) is 6.30. The number of aromatic nitrogens is 1. The molecule has 0 amide bonds. The monoisotopic (exact) mass is 419 g/mol. The van der Waals surface area contributed by atoms with Gasteiger partial charge in [0.1, 0.15) is 0 Å². The summed E-state index contributed by atoms with van der Waals surface area (Å²) in [6.07, 6.45) is 1.98. The van der Waals surface area contributed by atoms with Gasteiger partial charge in [-0.15, -0.1) is 0 Å². The highest BCUT2D eigenvalue weighted by Gasteiger charge is 2.30. The molecule has 0 unspecified atom stereocenters. The van der Waals surface area contributed by atoms with Gasteiger partial charge in [0.2, 0.25) is 0 Å². The van der Waals surface area contributed by atoms with Crippen LogP contribution in [0.2, 0.25) is 0 Å². The molecule has 8 rings (SSSR count). The van der Waals surface area contributed by atoms with Crippen LogP contribution in [0.3, 0.4) is 0 Å². The van der Waals surface area contributed by atoms with Crippen molar-refractivity contribution >= 4 is 21.8 Å². The van der Waals surface area contributed by atoms with Gasteiger partial charge in [-0.25, -0.2) is 0 Å². The Morgan fingerprint density at radius 2 is 1.33 bits per heavy atom. The van der Waals surface area contributed by atoms with Crippen molar-refractivity contribution in [3.8, 4) is 27.9 Å². The SMILES string of the molecule is c1ccc(-c2cccc3c2Cc2c-3cc3c4c2c2ccccc2n4-c2ccccc2C3)cc1. The second-order valence-electron chi connectivity index (χ2n) is 9.32. The molecule has 1 aliphatic heterocycles. The van der Waals surface area contributed by atoms with Gasteiger partial charge in [0, 0.05) is 22.9 Å². The van der Waals surface area contributed by atoms with Crippen molar-refractivity contribution in [3.63, 3.8) is 0 Å². The zero-order chi connectivity index (χ0) is 21.5. The maximum Gasteiger partial charge on any atom is 0.0579 e. The lowest BCUT2D eigenvalue weighted by atomic mass is 9.92. The predicted octanol–water partition coefficient (Wildman–Crippen LogP) is 7.93. The summed E-state index contributed by atoms with van der Waals surface area (Å²) in [4.78, 5) is 0. The molecule has 0 atom stereocenters. The van der Waals surface area contributed by atoms with Crippen molar-refractivity contribution in [2.24, 2.45) is 0 Å². The molecule has 0 bridgehead atoms. The molecular formula is C32H21N. The number of fused-ring (bicyclic) bond motifs is 9. The van der Waals surface area contributed by atoms with Crippen LogP contribution in [0.4, 0.5) is 0 Å². The molecule has 2 heterocycles. The van der Waals surface area contributed by atoms with Crippen LogP contribution in [-0.4, -0.2) is 4.57 Å². The molecule has 0 saturated heterocycles. The molecule has 1 aromatic heterocycles. The number of rotatable bonds is 1. The Kier molecular flexibility index (Phi) is 3.30. The zero-order valence-electron chi connectivity index (χ0n) is 18.2. The Morgan fingerprint density at radius 1 is 0.545 bits per heavy atom. The van der Waals surface area contributed by atoms with Crippen LogP contribution in [-0.2, 0) is 12.8 Å². The third-order valence-corrected chi connectivity index (χ3v) is 7.64. The summed E-state index contributed by atoms with van der Waals surface area (Å²) in [6.45, 7) is 0. The van der Waals surface area contributed by atoms with E-state index in [9.17, 15) is 0 Å². The van der Waals surface area contributed by atoms with Crippen molar-refractivity contribution in [1.29, 1.82) is 0 Å². The molecule has 1 heteroatoms. The molecule has 0 N–H and O–H groups in total. The van der Waals surface area contributed by atoms with Crippen molar-refractivity contribution in [2.75, 3.05) is 0 Å². The van der Waals surface area contributed by atoms with E-state index in [1.54, 1.807) is 0 Å². The Balaban J connectivity index is 1.50. The van der Waals surface area contributed by atoms with E-state index in [1.807, 2.05) is 0 Å². The Morgan fingerprint density at radius 3 is 2.27 bits per heavy atom.